The Hall–Kier alpha value is -0.0700. The predicted molar refractivity (Wildman–Crippen MR) is 96.3 cm³/mol. The van der Waals surface area contributed by atoms with Crippen molar-refractivity contribution in [1.29, 1.82) is 0 Å². The number of hydrogen-bond donors (Lipinski definition) is 1. The molecule has 5 nitrogen and oxygen atoms in total. The van der Waals surface area contributed by atoms with Crippen LogP contribution in [0.25, 0.3) is 0 Å². The molecule has 1 N–H and O–H groups in total. The number of likely N-dealkylation sites (N-methyl/N-ethyl adjacent to an activating group) is 2. The van der Waals surface area contributed by atoms with E-state index in [4.69, 9.17) is 0 Å². The molecule has 22 heavy (non-hydrogen) atoms. The Morgan fingerprint density at radius 3 is 2.55 bits per heavy atom. The molecule has 2 aliphatic heterocycles. The van der Waals surface area contributed by atoms with Gasteiger partial charge in [-0.1, -0.05) is 6.92 Å². The number of amides is 1. The molecule has 0 aliphatic carbocycles. The van der Waals surface area contributed by atoms with Gasteiger partial charge in [0.2, 0.25) is 5.91 Å². The Bertz CT molecular complexity index is 314. The van der Waals surface area contributed by atoms with Crippen LogP contribution in [0.5, 0.6) is 0 Å². The summed E-state index contributed by atoms with van der Waals surface area (Å²) >= 11 is 0. The number of carbonyl (C=O) groups is 1. The van der Waals surface area contributed by atoms with Gasteiger partial charge in [0.05, 0.1) is 0 Å². The van der Waals surface area contributed by atoms with E-state index < -0.39 is 0 Å². The summed E-state index contributed by atoms with van der Waals surface area (Å²) in [7, 11) is 2.15. The topological polar surface area (TPSA) is 38.8 Å². The first kappa shape index (κ1) is 21.9. The average molecular weight is 355 g/mol. The number of nitrogens with zero attached hydrogens (tertiary/aromatic N) is 3. The number of halogens is 2. The Kier molecular flexibility index (Phi) is 11.4. The maximum Gasteiger partial charge on any atom is 0.223 e. The third kappa shape index (κ3) is 6.59. The zero-order chi connectivity index (χ0) is 14.4. The Morgan fingerprint density at radius 1 is 1.23 bits per heavy atom. The van der Waals surface area contributed by atoms with Crippen molar-refractivity contribution in [1.82, 2.24) is 20.0 Å². The van der Waals surface area contributed by atoms with E-state index in [2.05, 4.69) is 29.1 Å². The molecule has 0 aromatic heterocycles. The number of piperazine rings is 1. The number of carbonyl (C=O) groups excluding carboxylic acids is 1. The molecule has 0 aromatic rings. The van der Waals surface area contributed by atoms with Crippen molar-refractivity contribution in [3.8, 4) is 0 Å². The van der Waals surface area contributed by atoms with Gasteiger partial charge >= 0.3 is 0 Å². The molecular weight excluding hydrogens is 323 g/mol. The van der Waals surface area contributed by atoms with Crippen molar-refractivity contribution >= 4 is 30.7 Å². The summed E-state index contributed by atoms with van der Waals surface area (Å²) in [4.78, 5) is 19.0. The van der Waals surface area contributed by atoms with Gasteiger partial charge in [0.1, 0.15) is 0 Å². The quantitative estimate of drug-likeness (QED) is 0.774. The molecule has 2 fully saturated rings. The molecule has 0 aromatic carbocycles. The molecule has 0 radical (unpaired) electrons. The summed E-state index contributed by atoms with van der Waals surface area (Å²) in [6.07, 6.45) is 3.30. The summed E-state index contributed by atoms with van der Waals surface area (Å²) in [6.45, 7) is 10.2. The van der Waals surface area contributed by atoms with Crippen LogP contribution >= 0.6 is 24.8 Å². The highest BCUT2D eigenvalue weighted by atomic mass is 35.5. The average Bonchev–Trinajstić information content (AvgIpc) is 2.92. The fourth-order valence-corrected chi connectivity index (χ4v) is 3.33. The van der Waals surface area contributed by atoms with Gasteiger partial charge in [-0.15, -0.1) is 24.8 Å². The Labute approximate surface area is 147 Å². The van der Waals surface area contributed by atoms with Crippen molar-refractivity contribution in [2.45, 2.75) is 32.2 Å². The highest BCUT2D eigenvalue weighted by Gasteiger charge is 2.24. The Balaban J connectivity index is 0.00000220. The van der Waals surface area contributed by atoms with E-state index in [1.807, 2.05) is 4.90 Å². The van der Waals surface area contributed by atoms with Crippen LogP contribution in [0.1, 0.15) is 26.2 Å². The fraction of sp³-hybridized carbons (Fsp3) is 0.933. The van der Waals surface area contributed by atoms with E-state index >= 15 is 0 Å². The van der Waals surface area contributed by atoms with Crippen LogP contribution in [0.2, 0.25) is 0 Å². The van der Waals surface area contributed by atoms with Gasteiger partial charge < -0.3 is 15.1 Å². The van der Waals surface area contributed by atoms with E-state index in [0.717, 1.165) is 45.8 Å². The first-order chi connectivity index (χ1) is 9.70. The van der Waals surface area contributed by atoms with Gasteiger partial charge in [0.15, 0.2) is 0 Å². The largest absolute Gasteiger partial charge is 0.340 e. The fourth-order valence-electron chi connectivity index (χ4n) is 3.33. The summed E-state index contributed by atoms with van der Waals surface area (Å²) < 4.78 is 0. The van der Waals surface area contributed by atoms with Gasteiger partial charge in [-0.2, -0.15) is 0 Å². The third-order valence-corrected chi connectivity index (χ3v) is 4.60. The molecule has 0 saturated carbocycles. The van der Waals surface area contributed by atoms with E-state index in [9.17, 15) is 4.79 Å². The first-order valence-electron chi connectivity index (χ1n) is 8.11. The molecule has 1 unspecified atom stereocenters. The van der Waals surface area contributed by atoms with E-state index in [1.54, 1.807) is 0 Å². The minimum Gasteiger partial charge on any atom is -0.340 e. The normalized spacial score (nSPS) is 22.3. The molecule has 1 atom stereocenters. The minimum absolute atomic E-state index is 0. The Morgan fingerprint density at radius 2 is 1.91 bits per heavy atom. The molecule has 1 amide bonds. The van der Waals surface area contributed by atoms with Crippen molar-refractivity contribution in [2.24, 2.45) is 0 Å². The van der Waals surface area contributed by atoms with Gasteiger partial charge in [0, 0.05) is 51.7 Å². The molecular formula is C15H32Cl2N4O. The van der Waals surface area contributed by atoms with Crippen molar-refractivity contribution < 1.29 is 4.79 Å². The summed E-state index contributed by atoms with van der Waals surface area (Å²) in [5.74, 6) is 0.317. The van der Waals surface area contributed by atoms with E-state index in [1.165, 1.54) is 19.4 Å². The van der Waals surface area contributed by atoms with E-state index in [0.29, 0.717) is 18.4 Å². The van der Waals surface area contributed by atoms with Crippen molar-refractivity contribution in [3.05, 3.63) is 0 Å². The lowest BCUT2D eigenvalue weighted by molar-refractivity contribution is -0.132. The van der Waals surface area contributed by atoms with Gasteiger partial charge in [-0.25, -0.2) is 0 Å². The molecule has 2 aliphatic rings. The van der Waals surface area contributed by atoms with Gasteiger partial charge in [0.25, 0.3) is 0 Å². The molecule has 132 valence electrons. The lowest BCUT2D eigenvalue weighted by atomic mass is 10.2. The minimum atomic E-state index is 0. The maximum atomic E-state index is 12.1. The highest BCUT2D eigenvalue weighted by Crippen LogP contribution is 2.17. The van der Waals surface area contributed by atoms with Crippen LogP contribution in [0.3, 0.4) is 0 Å². The predicted octanol–water partition coefficient (Wildman–Crippen LogP) is 1.07. The second-order valence-corrected chi connectivity index (χ2v) is 6.07. The smallest absolute Gasteiger partial charge is 0.223 e. The maximum absolute atomic E-state index is 12.1. The zero-order valence-electron chi connectivity index (χ0n) is 13.9. The molecule has 2 saturated heterocycles. The SMILES string of the molecule is CCN1CCCC1CN(C)CCC(=O)N1CCNCC1.Cl.Cl. The van der Waals surface area contributed by atoms with Gasteiger partial charge in [-0.05, 0) is 33.0 Å². The summed E-state index contributed by atoms with van der Waals surface area (Å²) in [5, 5.41) is 3.28. The second kappa shape index (κ2) is 11.5. The summed E-state index contributed by atoms with van der Waals surface area (Å²) in [6, 6.07) is 0.694. The zero-order valence-corrected chi connectivity index (χ0v) is 15.6. The highest BCUT2D eigenvalue weighted by molar-refractivity contribution is 5.85. The lowest BCUT2D eigenvalue weighted by Crippen LogP contribution is -2.47. The first-order valence-corrected chi connectivity index (χ1v) is 8.11. The molecule has 2 rings (SSSR count). The van der Waals surface area contributed by atoms with Crippen molar-refractivity contribution in [3.63, 3.8) is 0 Å². The van der Waals surface area contributed by atoms with E-state index in [-0.39, 0.29) is 24.8 Å². The van der Waals surface area contributed by atoms with Gasteiger partial charge in [-0.3, -0.25) is 9.69 Å². The van der Waals surface area contributed by atoms with Crippen LogP contribution in [0.4, 0.5) is 0 Å². The number of hydrogen-bond acceptors (Lipinski definition) is 4. The monoisotopic (exact) mass is 354 g/mol. The van der Waals surface area contributed by atoms with Crippen LogP contribution in [0.15, 0.2) is 0 Å². The standard InChI is InChI=1S/C15H30N4O.2ClH/c1-3-18-9-4-5-14(18)13-17(2)10-6-15(20)19-11-7-16-8-12-19;;/h14,16H,3-13H2,1-2H3;2*1H. The molecule has 0 bridgehead atoms. The van der Waals surface area contributed by atoms with Crippen LogP contribution < -0.4 is 5.32 Å². The molecule has 7 heteroatoms. The molecule has 2 heterocycles. The number of rotatable bonds is 6. The third-order valence-electron chi connectivity index (χ3n) is 4.60. The van der Waals surface area contributed by atoms with Crippen LogP contribution in [-0.4, -0.2) is 86.1 Å². The summed E-state index contributed by atoms with van der Waals surface area (Å²) in [5.41, 5.74) is 0. The molecule has 0 spiro atoms. The lowest BCUT2D eigenvalue weighted by Gasteiger charge is -2.30. The second-order valence-electron chi connectivity index (χ2n) is 6.07. The van der Waals surface area contributed by atoms with Crippen LogP contribution in [0, 0.1) is 0 Å². The number of nitrogens with one attached hydrogen (secondary N) is 1. The van der Waals surface area contributed by atoms with Crippen LogP contribution in [-0.2, 0) is 4.79 Å². The van der Waals surface area contributed by atoms with Crippen molar-refractivity contribution in [2.75, 3.05) is 59.4 Å². The number of likely N-dealkylation sites (tertiary alicyclic amines) is 1.